The standard InChI is InChI=1S/C24H30N2O3/c1-5-14-26(16-23(28)25-21-9-7-6-8-18(21)3)24(29)13-12-22(27)20-11-10-17(2)19(4)15-20/h6-11,15H,5,12-14,16H2,1-4H3,(H,25,28). The second kappa shape index (κ2) is 10.6. The molecule has 0 unspecified atom stereocenters. The van der Waals surface area contributed by atoms with Crippen LogP contribution >= 0.6 is 0 Å². The lowest BCUT2D eigenvalue weighted by Crippen LogP contribution is -2.38. The first kappa shape index (κ1) is 22.3. The zero-order valence-corrected chi connectivity index (χ0v) is 17.7. The van der Waals surface area contributed by atoms with Crippen LogP contribution in [-0.4, -0.2) is 35.6 Å². The highest BCUT2D eigenvalue weighted by molar-refractivity contribution is 5.99. The molecule has 0 bridgehead atoms. The fourth-order valence-electron chi connectivity index (χ4n) is 3.08. The molecule has 5 heteroatoms. The molecule has 0 aliphatic carbocycles. The minimum Gasteiger partial charge on any atom is -0.333 e. The number of carbonyl (C=O) groups is 3. The van der Waals surface area contributed by atoms with E-state index in [1.807, 2.05) is 64.1 Å². The second-order valence-corrected chi connectivity index (χ2v) is 7.40. The average molecular weight is 395 g/mol. The molecule has 2 rings (SSSR count). The van der Waals surface area contributed by atoms with Crippen LogP contribution in [-0.2, 0) is 9.59 Å². The highest BCUT2D eigenvalue weighted by Crippen LogP contribution is 2.15. The Morgan fingerprint density at radius 3 is 2.28 bits per heavy atom. The van der Waals surface area contributed by atoms with Crippen molar-refractivity contribution in [1.82, 2.24) is 4.90 Å². The molecule has 2 aromatic rings. The number of anilines is 1. The van der Waals surface area contributed by atoms with Crippen LogP contribution in [0.15, 0.2) is 42.5 Å². The summed E-state index contributed by atoms with van der Waals surface area (Å²) in [7, 11) is 0. The molecule has 0 aliphatic heterocycles. The molecule has 0 saturated carbocycles. The van der Waals surface area contributed by atoms with Crippen molar-refractivity contribution < 1.29 is 14.4 Å². The zero-order valence-electron chi connectivity index (χ0n) is 17.7. The third kappa shape index (κ3) is 6.56. The number of nitrogens with one attached hydrogen (secondary N) is 1. The van der Waals surface area contributed by atoms with Crippen molar-refractivity contribution in [3.05, 3.63) is 64.7 Å². The molecule has 0 heterocycles. The lowest BCUT2D eigenvalue weighted by molar-refractivity contribution is -0.134. The summed E-state index contributed by atoms with van der Waals surface area (Å²) in [5.41, 5.74) is 4.52. The fourth-order valence-corrected chi connectivity index (χ4v) is 3.08. The van der Waals surface area contributed by atoms with Crippen molar-refractivity contribution >= 4 is 23.3 Å². The van der Waals surface area contributed by atoms with E-state index in [9.17, 15) is 14.4 Å². The van der Waals surface area contributed by atoms with Gasteiger partial charge < -0.3 is 10.2 Å². The van der Waals surface area contributed by atoms with Crippen LogP contribution in [0.4, 0.5) is 5.69 Å². The molecule has 154 valence electrons. The second-order valence-electron chi connectivity index (χ2n) is 7.40. The summed E-state index contributed by atoms with van der Waals surface area (Å²) in [6, 6.07) is 13.1. The molecule has 0 saturated heterocycles. The average Bonchev–Trinajstić information content (AvgIpc) is 2.69. The van der Waals surface area contributed by atoms with Gasteiger partial charge in [-0.3, -0.25) is 14.4 Å². The Morgan fingerprint density at radius 1 is 0.897 bits per heavy atom. The monoisotopic (exact) mass is 394 g/mol. The van der Waals surface area contributed by atoms with Gasteiger partial charge in [-0.25, -0.2) is 0 Å². The van der Waals surface area contributed by atoms with Gasteiger partial charge in [0.1, 0.15) is 0 Å². The van der Waals surface area contributed by atoms with Crippen molar-refractivity contribution in [1.29, 1.82) is 0 Å². The van der Waals surface area contributed by atoms with Crippen LogP contribution in [0, 0.1) is 20.8 Å². The number of hydrogen-bond donors (Lipinski definition) is 1. The molecule has 0 atom stereocenters. The minimum absolute atomic E-state index is 0.0150. The normalized spacial score (nSPS) is 10.5. The predicted octanol–water partition coefficient (Wildman–Crippen LogP) is 4.45. The molecule has 29 heavy (non-hydrogen) atoms. The van der Waals surface area contributed by atoms with Crippen molar-refractivity contribution in [2.45, 2.75) is 47.0 Å². The van der Waals surface area contributed by atoms with E-state index in [-0.39, 0.29) is 37.0 Å². The Morgan fingerprint density at radius 2 is 1.62 bits per heavy atom. The number of benzene rings is 2. The Balaban J connectivity index is 1.94. The highest BCUT2D eigenvalue weighted by atomic mass is 16.2. The summed E-state index contributed by atoms with van der Waals surface area (Å²) >= 11 is 0. The summed E-state index contributed by atoms with van der Waals surface area (Å²) in [5.74, 6) is -0.465. The van der Waals surface area contributed by atoms with Crippen LogP contribution in [0.3, 0.4) is 0 Å². The number of ketones is 1. The van der Waals surface area contributed by atoms with Crippen molar-refractivity contribution in [2.75, 3.05) is 18.4 Å². The Labute approximate surface area is 173 Å². The molecule has 0 aromatic heterocycles. The van der Waals surface area contributed by atoms with Gasteiger partial charge in [0.05, 0.1) is 6.54 Å². The van der Waals surface area contributed by atoms with E-state index in [0.29, 0.717) is 12.1 Å². The maximum absolute atomic E-state index is 12.6. The lowest BCUT2D eigenvalue weighted by Gasteiger charge is -2.22. The first-order valence-electron chi connectivity index (χ1n) is 10.1. The maximum atomic E-state index is 12.6. The first-order valence-corrected chi connectivity index (χ1v) is 10.1. The smallest absolute Gasteiger partial charge is 0.244 e. The summed E-state index contributed by atoms with van der Waals surface area (Å²) in [4.78, 5) is 39.0. The van der Waals surface area contributed by atoms with Gasteiger partial charge in [0.15, 0.2) is 5.78 Å². The van der Waals surface area contributed by atoms with Crippen LogP contribution in [0.2, 0.25) is 0 Å². The van der Waals surface area contributed by atoms with Gasteiger partial charge in [0.25, 0.3) is 0 Å². The number of Topliss-reactive ketones (excluding diaryl/α,β-unsaturated/α-hetero) is 1. The number of amides is 2. The van der Waals surface area contributed by atoms with Crippen LogP contribution < -0.4 is 5.32 Å². The fraction of sp³-hybridized carbons (Fsp3) is 0.375. The number of hydrogen-bond acceptors (Lipinski definition) is 3. The van der Waals surface area contributed by atoms with Gasteiger partial charge in [0, 0.05) is 30.6 Å². The largest absolute Gasteiger partial charge is 0.333 e. The number of rotatable bonds is 9. The summed E-state index contributed by atoms with van der Waals surface area (Å²) in [6.07, 6.45) is 0.985. The Bertz CT molecular complexity index is 889. The highest BCUT2D eigenvalue weighted by Gasteiger charge is 2.18. The van der Waals surface area contributed by atoms with E-state index >= 15 is 0 Å². The number of para-hydroxylation sites is 1. The van der Waals surface area contributed by atoms with Crippen LogP contribution in [0.5, 0.6) is 0 Å². The number of carbonyl (C=O) groups excluding carboxylic acids is 3. The number of nitrogens with zero attached hydrogens (tertiary/aromatic N) is 1. The summed E-state index contributed by atoms with van der Waals surface area (Å²) < 4.78 is 0. The van der Waals surface area contributed by atoms with Gasteiger partial charge >= 0.3 is 0 Å². The van der Waals surface area contributed by atoms with Gasteiger partial charge in [0.2, 0.25) is 11.8 Å². The van der Waals surface area contributed by atoms with Crippen LogP contribution in [0.1, 0.15) is 53.2 Å². The van der Waals surface area contributed by atoms with Gasteiger partial charge in [-0.2, -0.15) is 0 Å². The SMILES string of the molecule is CCCN(CC(=O)Nc1ccccc1C)C(=O)CCC(=O)c1ccc(C)c(C)c1. The summed E-state index contributed by atoms with van der Waals surface area (Å²) in [5, 5.41) is 2.86. The minimum atomic E-state index is -0.235. The van der Waals surface area contributed by atoms with Crippen molar-refractivity contribution in [3.63, 3.8) is 0 Å². The third-order valence-electron chi connectivity index (χ3n) is 4.99. The molecule has 0 fully saturated rings. The van der Waals surface area contributed by atoms with E-state index in [1.165, 1.54) is 4.90 Å². The number of aryl methyl sites for hydroxylation is 3. The Hall–Kier alpha value is -2.95. The molecule has 0 radical (unpaired) electrons. The van der Waals surface area contributed by atoms with Crippen molar-refractivity contribution in [2.24, 2.45) is 0 Å². The molecule has 5 nitrogen and oxygen atoms in total. The predicted molar refractivity (Wildman–Crippen MR) is 116 cm³/mol. The first-order chi connectivity index (χ1) is 13.8. The molecule has 2 aromatic carbocycles. The third-order valence-corrected chi connectivity index (χ3v) is 4.99. The van der Waals surface area contributed by atoms with E-state index in [2.05, 4.69) is 5.32 Å². The molecule has 0 aliphatic rings. The van der Waals surface area contributed by atoms with Crippen LogP contribution in [0.25, 0.3) is 0 Å². The topological polar surface area (TPSA) is 66.5 Å². The van der Waals surface area contributed by atoms with Gasteiger partial charge in [-0.1, -0.05) is 37.3 Å². The maximum Gasteiger partial charge on any atom is 0.244 e. The molecular weight excluding hydrogens is 364 g/mol. The van der Waals surface area contributed by atoms with Crippen molar-refractivity contribution in [3.8, 4) is 0 Å². The molecule has 0 spiro atoms. The lowest BCUT2D eigenvalue weighted by atomic mass is 10.0. The molecule has 2 amide bonds. The Kier molecular flexibility index (Phi) is 8.13. The molecule has 1 N–H and O–H groups in total. The quantitative estimate of drug-likeness (QED) is 0.639. The van der Waals surface area contributed by atoms with E-state index in [0.717, 1.165) is 28.8 Å². The zero-order chi connectivity index (χ0) is 21.4. The van der Waals surface area contributed by atoms with Gasteiger partial charge in [-0.15, -0.1) is 0 Å². The van der Waals surface area contributed by atoms with E-state index in [1.54, 1.807) is 6.07 Å². The van der Waals surface area contributed by atoms with Gasteiger partial charge in [-0.05, 0) is 56.0 Å². The van der Waals surface area contributed by atoms with E-state index in [4.69, 9.17) is 0 Å². The summed E-state index contributed by atoms with van der Waals surface area (Å²) in [6.45, 7) is 8.31. The molecular formula is C24H30N2O3. The van der Waals surface area contributed by atoms with E-state index < -0.39 is 0 Å².